The normalized spacial score (nSPS) is 14.5. The van der Waals surface area contributed by atoms with Gasteiger partial charge in [-0.15, -0.1) is 16.7 Å². The predicted molar refractivity (Wildman–Crippen MR) is 157 cm³/mol. The molecule has 0 bridgehead atoms. The predicted octanol–water partition coefficient (Wildman–Crippen LogP) is 3.57. The number of H-pyrrole nitrogens is 1. The minimum Gasteiger partial charge on any atom is -0.507 e. The summed E-state index contributed by atoms with van der Waals surface area (Å²) in [6.45, 7) is 3.23. The van der Waals surface area contributed by atoms with Gasteiger partial charge < -0.3 is 30.2 Å². The fraction of sp³-hybridized carbons (Fsp3) is 0.276. The molecular weight excluding hydrogens is 562 g/mol. The van der Waals surface area contributed by atoms with Crippen LogP contribution in [-0.2, 0) is 11.3 Å². The Balaban J connectivity index is 1.22. The van der Waals surface area contributed by atoms with Gasteiger partial charge in [0, 0.05) is 35.2 Å². The van der Waals surface area contributed by atoms with Crippen LogP contribution in [0.4, 0.5) is 11.4 Å². The number of fused-ring (bicyclic) bond motifs is 4. The standard InChI is InChI=1S/C29H28ClN7O5/c1-16-3-2-4-20-24(39)11-23-26(25(16)20)18(12-30)14-37(23)29(41)21-10-17-9-19(13-31-27(17)33-21)32-28(40)22-15-36(35-34-22)5-7-42-8-6-38/h2-4,9-11,13,15,18,38-39H,5-8,12,14H2,1H3,(H,31,33)(H,32,40). The molecule has 0 aliphatic carbocycles. The Morgan fingerprint density at radius 1 is 1.24 bits per heavy atom. The maximum Gasteiger partial charge on any atom is 0.277 e. The number of aliphatic hydroxyl groups is 1. The van der Waals surface area contributed by atoms with E-state index in [1.807, 2.05) is 25.1 Å². The van der Waals surface area contributed by atoms with Crippen LogP contribution >= 0.6 is 11.6 Å². The number of aryl methyl sites for hydroxylation is 1. The van der Waals surface area contributed by atoms with Crippen molar-refractivity contribution >= 4 is 56.6 Å². The van der Waals surface area contributed by atoms with Crippen molar-refractivity contribution in [1.82, 2.24) is 25.0 Å². The second kappa shape index (κ2) is 11.4. The summed E-state index contributed by atoms with van der Waals surface area (Å²) in [5.41, 5.74) is 3.94. The Morgan fingerprint density at radius 3 is 2.90 bits per heavy atom. The van der Waals surface area contributed by atoms with E-state index in [1.165, 1.54) is 17.1 Å². The molecule has 0 fully saturated rings. The zero-order chi connectivity index (χ0) is 29.4. The Hall–Kier alpha value is -4.52. The number of aromatic nitrogens is 5. The molecule has 4 heterocycles. The van der Waals surface area contributed by atoms with Gasteiger partial charge in [-0.05, 0) is 35.6 Å². The number of hydrogen-bond acceptors (Lipinski definition) is 8. The monoisotopic (exact) mass is 589 g/mol. The Kier molecular flexibility index (Phi) is 7.50. The van der Waals surface area contributed by atoms with Gasteiger partial charge in [0.15, 0.2) is 5.69 Å². The summed E-state index contributed by atoms with van der Waals surface area (Å²) in [6.07, 6.45) is 2.99. The van der Waals surface area contributed by atoms with Crippen LogP contribution in [0.2, 0.25) is 0 Å². The van der Waals surface area contributed by atoms with Crippen molar-refractivity contribution in [2.75, 3.05) is 42.5 Å². The molecular formula is C29H28ClN7O5. The molecule has 1 unspecified atom stereocenters. The number of hydrogen-bond donors (Lipinski definition) is 4. The lowest BCUT2D eigenvalue weighted by Crippen LogP contribution is -2.30. The molecule has 12 nitrogen and oxygen atoms in total. The van der Waals surface area contributed by atoms with E-state index >= 15 is 0 Å². The highest BCUT2D eigenvalue weighted by molar-refractivity contribution is 6.19. The summed E-state index contributed by atoms with van der Waals surface area (Å²) in [4.78, 5) is 35.6. The van der Waals surface area contributed by atoms with Gasteiger partial charge in [0.2, 0.25) is 0 Å². The number of aromatic hydroxyl groups is 1. The van der Waals surface area contributed by atoms with Crippen molar-refractivity contribution in [2.24, 2.45) is 0 Å². The average molecular weight is 590 g/mol. The third kappa shape index (κ3) is 5.04. The molecule has 1 aliphatic heterocycles. The smallest absolute Gasteiger partial charge is 0.277 e. The van der Waals surface area contributed by atoms with Gasteiger partial charge in [-0.1, -0.05) is 23.4 Å². The van der Waals surface area contributed by atoms with Gasteiger partial charge in [-0.2, -0.15) is 0 Å². The fourth-order valence-electron chi connectivity index (χ4n) is 5.39. The lowest BCUT2D eigenvalue weighted by molar-refractivity contribution is 0.0851. The van der Waals surface area contributed by atoms with Crippen LogP contribution in [0, 0.1) is 6.92 Å². The summed E-state index contributed by atoms with van der Waals surface area (Å²) in [6, 6.07) is 10.8. The number of carbonyl (C=O) groups excluding carboxylic acids is 2. The largest absolute Gasteiger partial charge is 0.507 e. The maximum atomic E-state index is 13.8. The second-order valence-corrected chi connectivity index (χ2v) is 10.4. The maximum absolute atomic E-state index is 13.8. The molecule has 6 rings (SSSR count). The number of carbonyl (C=O) groups is 2. The summed E-state index contributed by atoms with van der Waals surface area (Å²) >= 11 is 6.37. The number of alkyl halides is 1. The Morgan fingerprint density at radius 2 is 2.10 bits per heavy atom. The number of rotatable bonds is 9. The Bertz CT molecular complexity index is 1820. The molecule has 216 valence electrons. The van der Waals surface area contributed by atoms with Crippen molar-refractivity contribution < 1.29 is 24.5 Å². The highest BCUT2D eigenvalue weighted by Crippen LogP contribution is 2.46. The second-order valence-electron chi connectivity index (χ2n) is 10.1. The lowest BCUT2D eigenvalue weighted by Gasteiger charge is -2.18. The number of nitrogens with zero attached hydrogens (tertiary/aromatic N) is 5. The van der Waals surface area contributed by atoms with Crippen LogP contribution < -0.4 is 10.2 Å². The summed E-state index contributed by atoms with van der Waals surface area (Å²) in [5, 5.41) is 32.4. The van der Waals surface area contributed by atoms with E-state index in [9.17, 15) is 14.7 Å². The summed E-state index contributed by atoms with van der Waals surface area (Å²) < 4.78 is 6.68. The van der Waals surface area contributed by atoms with Crippen molar-refractivity contribution in [3.05, 3.63) is 71.3 Å². The van der Waals surface area contributed by atoms with E-state index in [0.717, 1.165) is 21.9 Å². The lowest BCUT2D eigenvalue weighted by atomic mass is 9.92. The fourth-order valence-corrected chi connectivity index (χ4v) is 5.64. The van der Waals surface area contributed by atoms with Crippen LogP contribution in [0.5, 0.6) is 5.75 Å². The topological polar surface area (TPSA) is 158 Å². The number of amides is 2. The van der Waals surface area contributed by atoms with Crippen LogP contribution in [0.3, 0.4) is 0 Å². The highest BCUT2D eigenvalue weighted by atomic mass is 35.5. The molecule has 1 aliphatic rings. The van der Waals surface area contributed by atoms with Gasteiger partial charge >= 0.3 is 0 Å². The quantitative estimate of drug-likeness (QED) is 0.150. The molecule has 13 heteroatoms. The zero-order valence-corrected chi connectivity index (χ0v) is 23.4. The van der Waals surface area contributed by atoms with Gasteiger partial charge in [-0.3, -0.25) is 9.59 Å². The molecule has 4 N–H and O–H groups in total. The first-order valence-corrected chi connectivity index (χ1v) is 13.9. The number of nitrogens with one attached hydrogen (secondary N) is 2. The van der Waals surface area contributed by atoms with Crippen molar-refractivity contribution in [2.45, 2.75) is 19.4 Å². The summed E-state index contributed by atoms with van der Waals surface area (Å²) in [5.74, 6) is -0.402. The molecule has 0 radical (unpaired) electrons. The molecule has 2 aromatic carbocycles. The first-order chi connectivity index (χ1) is 20.4. The third-order valence-electron chi connectivity index (χ3n) is 7.33. The van der Waals surface area contributed by atoms with E-state index in [2.05, 4.69) is 25.6 Å². The van der Waals surface area contributed by atoms with Gasteiger partial charge in [-0.25, -0.2) is 9.67 Å². The van der Waals surface area contributed by atoms with Crippen molar-refractivity contribution in [3.63, 3.8) is 0 Å². The van der Waals surface area contributed by atoms with Gasteiger partial charge in [0.05, 0.1) is 50.1 Å². The molecule has 3 aromatic heterocycles. The highest BCUT2D eigenvalue weighted by Gasteiger charge is 2.36. The molecule has 2 amide bonds. The number of phenolic OH excluding ortho intramolecular Hbond substituents is 1. The molecule has 42 heavy (non-hydrogen) atoms. The molecule has 0 spiro atoms. The first kappa shape index (κ1) is 27.6. The Labute approximate surface area is 244 Å². The summed E-state index contributed by atoms with van der Waals surface area (Å²) in [7, 11) is 0. The van der Waals surface area contributed by atoms with Gasteiger partial charge in [0.1, 0.15) is 17.1 Å². The number of ether oxygens (including phenoxy) is 1. The molecule has 5 aromatic rings. The van der Waals surface area contributed by atoms with Crippen LogP contribution in [-0.4, -0.2) is 79.2 Å². The number of benzene rings is 2. The molecule has 0 saturated carbocycles. The number of halogens is 1. The minimum atomic E-state index is -0.464. The van der Waals surface area contributed by atoms with E-state index in [0.29, 0.717) is 53.7 Å². The SMILES string of the molecule is Cc1cccc2c(O)cc3c(c12)C(CCl)CN3C(=O)c1cc2cc(NC(=O)c3cn(CCOCCO)nn3)cnc2[nH]1. The van der Waals surface area contributed by atoms with E-state index < -0.39 is 5.91 Å². The van der Waals surface area contributed by atoms with E-state index in [-0.39, 0.29) is 36.5 Å². The van der Waals surface area contributed by atoms with Crippen molar-refractivity contribution in [3.8, 4) is 5.75 Å². The van der Waals surface area contributed by atoms with Gasteiger partial charge in [0.25, 0.3) is 11.8 Å². The number of aliphatic hydroxyl groups excluding tert-OH is 1. The van der Waals surface area contributed by atoms with E-state index in [4.69, 9.17) is 21.4 Å². The number of phenols is 1. The van der Waals surface area contributed by atoms with Crippen LogP contribution in [0.15, 0.2) is 48.8 Å². The number of anilines is 2. The zero-order valence-electron chi connectivity index (χ0n) is 22.7. The number of pyridine rings is 1. The van der Waals surface area contributed by atoms with Crippen LogP contribution in [0.25, 0.3) is 21.8 Å². The first-order valence-electron chi connectivity index (χ1n) is 13.4. The third-order valence-corrected chi connectivity index (χ3v) is 7.70. The minimum absolute atomic E-state index is 0.0669. The van der Waals surface area contributed by atoms with E-state index in [1.54, 1.807) is 23.1 Å². The van der Waals surface area contributed by atoms with Crippen LogP contribution in [0.1, 0.15) is 38.0 Å². The number of aromatic amines is 1. The molecule has 0 saturated heterocycles. The van der Waals surface area contributed by atoms with Crippen molar-refractivity contribution in [1.29, 1.82) is 0 Å². The molecule has 1 atom stereocenters. The average Bonchev–Trinajstić information content (AvgIpc) is 3.72.